The summed E-state index contributed by atoms with van der Waals surface area (Å²) in [7, 11) is 0. The fourth-order valence-corrected chi connectivity index (χ4v) is 11.9. The fourth-order valence-electron chi connectivity index (χ4n) is 11.9. The monoisotopic (exact) mass is 907 g/mol. The van der Waals surface area contributed by atoms with E-state index in [9.17, 15) is 0 Å². The molecule has 13 rings (SSSR count). The van der Waals surface area contributed by atoms with Gasteiger partial charge >= 0.3 is 0 Å². The van der Waals surface area contributed by atoms with Crippen molar-refractivity contribution < 1.29 is 0 Å². The molecule has 0 saturated carbocycles. The molecule has 0 unspecified atom stereocenters. The maximum atomic E-state index is 2.51. The van der Waals surface area contributed by atoms with Crippen LogP contribution in [0, 0.1) is 0 Å². The van der Waals surface area contributed by atoms with Crippen LogP contribution in [0.2, 0.25) is 0 Å². The molecule has 3 nitrogen and oxygen atoms in total. The van der Waals surface area contributed by atoms with Gasteiger partial charge < -0.3 is 14.7 Å². The minimum absolute atomic E-state index is 0.601. The number of fused-ring (bicyclic) bond motifs is 4. The number of hydrogen-bond donors (Lipinski definition) is 0. The van der Waals surface area contributed by atoms with Crippen LogP contribution < -0.4 is 14.7 Å². The maximum absolute atomic E-state index is 2.51. The highest BCUT2D eigenvalue weighted by atomic mass is 15.2. The summed E-state index contributed by atoms with van der Waals surface area (Å²) in [6.45, 7) is 0. The lowest BCUT2D eigenvalue weighted by molar-refractivity contribution is 0.730. The van der Waals surface area contributed by atoms with Gasteiger partial charge in [0.2, 0.25) is 0 Å². The highest BCUT2D eigenvalue weighted by Crippen LogP contribution is 2.61. The SMILES string of the molecule is c1ccc(N(c2ccccc2)c2cc(N3c4ccccc4C(c4ccccc4)(c4ccccc4)c4ccccc43)cc(N3c4ccccc4C(c4ccccc4)(c4ccccc4)c4ccccc43)c2)cc1. The molecule has 2 aliphatic heterocycles. The average molecular weight is 908 g/mol. The molecule has 2 aliphatic rings. The molecule has 0 amide bonds. The zero-order chi connectivity index (χ0) is 47.2. The second-order valence-corrected chi connectivity index (χ2v) is 18.4. The zero-order valence-electron chi connectivity index (χ0n) is 39.1. The van der Waals surface area contributed by atoms with Gasteiger partial charge in [-0.15, -0.1) is 0 Å². The maximum Gasteiger partial charge on any atom is 0.0742 e. The molecular weight excluding hydrogens is 859 g/mol. The Morgan fingerprint density at radius 2 is 0.465 bits per heavy atom. The van der Waals surface area contributed by atoms with Gasteiger partial charge in [0.25, 0.3) is 0 Å². The minimum Gasteiger partial charge on any atom is -0.310 e. The number of nitrogens with zero attached hydrogens (tertiary/aromatic N) is 3. The number of anilines is 9. The van der Waals surface area contributed by atoms with Gasteiger partial charge in [0.05, 0.1) is 50.6 Å². The van der Waals surface area contributed by atoms with E-state index in [-0.39, 0.29) is 0 Å². The third-order valence-corrected chi connectivity index (χ3v) is 14.7. The van der Waals surface area contributed by atoms with Crippen LogP contribution in [-0.4, -0.2) is 0 Å². The van der Waals surface area contributed by atoms with Crippen LogP contribution in [0.4, 0.5) is 51.2 Å². The van der Waals surface area contributed by atoms with Gasteiger partial charge in [0.15, 0.2) is 0 Å². The number of para-hydroxylation sites is 6. The molecule has 0 aliphatic carbocycles. The molecule has 11 aromatic rings. The summed E-state index contributed by atoms with van der Waals surface area (Å²) in [5.41, 5.74) is 18.3. The molecule has 0 radical (unpaired) electrons. The average Bonchev–Trinajstić information content (AvgIpc) is 3.45. The summed E-state index contributed by atoms with van der Waals surface area (Å²) in [6, 6.07) is 109. The van der Waals surface area contributed by atoms with Gasteiger partial charge in [-0.3, -0.25) is 0 Å². The summed E-state index contributed by atoms with van der Waals surface area (Å²) in [6.07, 6.45) is 0. The van der Waals surface area contributed by atoms with E-state index in [1.54, 1.807) is 0 Å². The van der Waals surface area contributed by atoms with Gasteiger partial charge in [-0.2, -0.15) is 0 Å². The molecule has 71 heavy (non-hydrogen) atoms. The molecule has 0 aromatic heterocycles. The van der Waals surface area contributed by atoms with E-state index in [1.807, 2.05) is 0 Å². The molecule has 0 saturated heterocycles. The van der Waals surface area contributed by atoms with E-state index in [0.717, 1.165) is 51.2 Å². The quantitative estimate of drug-likeness (QED) is 0.143. The summed E-state index contributed by atoms with van der Waals surface area (Å²) in [4.78, 5) is 7.42. The fraction of sp³-hybridized carbons (Fsp3) is 0.0294. The first kappa shape index (κ1) is 42.0. The third kappa shape index (κ3) is 6.58. The molecule has 0 N–H and O–H groups in total. The van der Waals surface area contributed by atoms with Crippen molar-refractivity contribution in [3.8, 4) is 0 Å². The van der Waals surface area contributed by atoms with Crippen LogP contribution >= 0.6 is 0 Å². The van der Waals surface area contributed by atoms with Crippen LogP contribution in [-0.2, 0) is 10.8 Å². The Morgan fingerprint density at radius 3 is 0.746 bits per heavy atom. The van der Waals surface area contributed by atoms with Crippen molar-refractivity contribution >= 4 is 51.2 Å². The Bertz CT molecular complexity index is 3240. The lowest BCUT2D eigenvalue weighted by atomic mass is 9.62. The Labute approximate surface area is 416 Å². The third-order valence-electron chi connectivity index (χ3n) is 14.7. The summed E-state index contributed by atoms with van der Waals surface area (Å²) < 4.78 is 0. The van der Waals surface area contributed by atoms with Gasteiger partial charge in [-0.1, -0.05) is 231 Å². The van der Waals surface area contributed by atoms with E-state index in [2.05, 4.69) is 312 Å². The largest absolute Gasteiger partial charge is 0.310 e. The first-order chi connectivity index (χ1) is 35.3. The molecule has 11 aromatic carbocycles. The molecule has 2 heterocycles. The summed E-state index contributed by atoms with van der Waals surface area (Å²) in [5, 5.41) is 0. The van der Waals surface area contributed by atoms with E-state index in [0.29, 0.717) is 0 Å². The van der Waals surface area contributed by atoms with E-state index < -0.39 is 10.8 Å². The van der Waals surface area contributed by atoms with Crippen molar-refractivity contribution in [2.45, 2.75) is 10.8 Å². The van der Waals surface area contributed by atoms with Gasteiger partial charge in [-0.25, -0.2) is 0 Å². The second-order valence-electron chi connectivity index (χ2n) is 18.4. The zero-order valence-corrected chi connectivity index (χ0v) is 39.1. The summed E-state index contributed by atoms with van der Waals surface area (Å²) in [5.74, 6) is 0. The number of hydrogen-bond acceptors (Lipinski definition) is 3. The van der Waals surface area contributed by atoms with E-state index in [1.165, 1.54) is 44.5 Å². The molecular formula is C68H49N3. The lowest BCUT2D eigenvalue weighted by Gasteiger charge is -2.47. The molecule has 3 heteroatoms. The Morgan fingerprint density at radius 1 is 0.225 bits per heavy atom. The predicted octanol–water partition coefficient (Wildman–Crippen LogP) is 17.5. The van der Waals surface area contributed by atoms with Crippen molar-refractivity contribution in [1.29, 1.82) is 0 Å². The van der Waals surface area contributed by atoms with Crippen LogP contribution in [0.15, 0.2) is 297 Å². The standard InChI is InChI=1S/C68H49N3/c1-7-27-50(28-8-1)67(51-29-9-2-10-30-51)59-39-19-23-43-63(59)70(64-44-24-20-40-60(64)67)57-47-56(69(54-35-15-5-16-36-54)55-37-17-6-18-38-55)48-58(49-57)71-65-45-25-21-41-61(65)68(52-31-11-3-12-32-52,53-33-13-4-14-34-53)62-42-22-26-46-66(62)71/h1-49H. The first-order valence-electron chi connectivity index (χ1n) is 24.5. The van der Waals surface area contributed by atoms with Crippen molar-refractivity contribution in [2.24, 2.45) is 0 Å². The summed E-state index contributed by atoms with van der Waals surface area (Å²) >= 11 is 0. The van der Waals surface area contributed by atoms with Crippen molar-refractivity contribution in [3.05, 3.63) is 342 Å². The minimum atomic E-state index is -0.601. The molecule has 0 spiro atoms. The Kier molecular flexibility index (Phi) is 10.3. The van der Waals surface area contributed by atoms with Gasteiger partial charge in [0.1, 0.15) is 0 Å². The van der Waals surface area contributed by atoms with Crippen molar-refractivity contribution in [3.63, 3.8) is 0 Å². The Hall–Kier alpha value is -9.18. The topological polar surface area (TPSA) is 9.72 Å². The predicted molar refractivity (Wildman–Crippen MR) is 294 cm³/mol. The molecule has 0 fully saturated rings. The number of benzene rings is 11. The Balaban J connectivity index is 1.12. The highest BCUT2D eigenvalue weighted by Gasteiger charge is 2.48. The molecule has 336 valence electrons. The van der Waals surface area contributed by atoms with Crippen LogP contribution in [0.25, 0.3) is 0 Å². The van der Waals surface area contributed by atoms with E-state index >= 15 is 0 Å². The van der Waals surface area contributed by atoms with Crippen molar-refractivity contribution in [1.82, 2.24) is 0 Å². The van der Waals surface area contributed by atoms with Crippen molar-refractivity contribution in [2.75, 3.05) is 14.7 Å². The van der Waals surface area contributed by atoms with Gasteiger partial charge in [0, 0.05) is 11.4 Å². The number of rotatable bonds is 9. The van der Waals surface area contributed by atoms with Crippen LogP contribution in [0.3, 0.4) is 0 Å². The normalized spacial score (nSPS) is 13.8. The lowest BCUT2D eigenvalue weighted by Crippen LogP contribution is -2.38. The second kappa shape index (κ2) is 17.4. The highest BCUT2D eigenvalue weighted by molar-refractivity contribution is 5.96. The van der Waals surface area contributed by atoms with Crippen LogP contribution in [0.1, 0.15) is 44.5 Å². The van der Waals surface area contributed by atoms with E-state index in [4.69, 9.17) is 0 Å². The molecule has 0 bridgehead atoms. The molecule has 0 atom stereocenters. The smallest absolute Gasteiger partial charge is 0.0742 e. The first-order valence-corrected chi connectivity index (χ1v) is 24.5. The van der Waals surface area contributed by atoms with Gasteiger partial charge in [-0.05, 0) is 111 Å². The van der Waals surface area contributed by atoms with Crippen LogP contribution in [0.5, 0.6) is 0 Å².